The molecule has 0 unspecified atom stereocenters. The van der Waals surface area contributed by atoms with Crippen LogP contribution in [0.15, 0.2) is 48.5 Å². The number of nitrogens with zero attached hydrogens (tertiary/aromatic N) is 1. The molecule has 0 aliphatic rings. The minimum absolute atomic E-state index is 0.0790. The monoisotopic (exact) mass is 338 g/mol. The Morgan fingerprint density at radius 1 is 0.960 bits per heavy atom. The summed E-state index contributed by atoms with van der Waals surface area (Å²) >= 11 is 0. The summed E-state index contributed by atoms with van der Waals surface area (Å²) < 4.78 is 0. The first kappa shape index (κ1) is 18.7. The quantitative estimate of drug-likeness (QED) is 0.836. The molecule has 0 fully saturated rings. The van der Waals surface area contributed by atoms with Gasteiger partial charge in [-0.25, -0.2) is 0 Å². The summed E-state index contributed by atoms with van der Waals surface area (Å²) in [6, 6.07) is 16.1. The zero-order chi connectivity index (χ0) is 18.2. The topological polar surface area (TPSA) is 49.4 Å². The third kappa shape index (κ3) is 5.75. The van der Waals surface area contributed by atoms with E-state index >= 15 is 0 Å². The Bertz CT molecular complexity index is 706. The van der Waals surface area contributed by atoms with E-state index in [2.05, 4.69) is 17.4 Å². The molecule has 2 aromatic rings. The second-order valence-electron chi connectivity index (χ2n) is 6.34. The Morgan fingerprint density at radius 3 is 2.20 bits per heavy atom. The van der Waals surface area contributed by atoms with Crippen molar-refractivity contribution >= 4 is 17.5 Å². The minimum Gasteiger partial charge on any atom is -0.334 e. The summed E-state index contributed by atoms with van der Waals surface area (Å²) in [6.45, 7) is 6.09. The summed E-state index contributed by atoms with van der Waals surface area (Å²) in [5.74, 6) is -0.239. The molecule has 0 bridgehead atoms. The number of hydrogen-bond donors (Lipinski definition) is 1. The molecule has 0 atom stereocenters. The molecule has 0 spiro atoms. The van der Waals surface area contributed by atoms with Gasteiger partial charge in [0.1, 0.15) is 0 Å². The van der Waals surface area contributed by atoms with Gasteiger partial charge in [-0.2, -0.15) is 0 Å². The zero-order valence-electron chi connectivity index (χ0n) is 15.2. The molecule has 2 rings (SSSR count). The number of amides is 2. The summed E-state index contributed by atoms with van der Waals surface area (Å²) in [5.41, 5.74) is 4.12. The van der Waals surface area contributed by atoms with Crippen LogP contribution in [0.4, 0.5) is 5.69 Å². The highest BCUT2D eigenvalue weighted by molar-refractivity contribution is 5.95. The van der Waals surface area contributed by atoms with E-state index in [-0.39, 0.29) is 18.4 Å². The van der Waals surface area contributed by atoms with Crippen molar-refractivity contribution in [2.24, 2.45) is 0 Å². The largest absolute Gasteiger partial charge is 0.334 e. The third-order valence-corrected chi connectivity index (χ3v) is 4.26. The fraction of sp³-hybridized carbons (Fsp3) is 0.333. The van der Waals surface area contributed by atoms with Gasteiger partial charge >= 0.3 is 0 Å². The highest BCUT2D eigenvalue weighted by Crippen LogP contribution is 2.19. The molecule has 4 nitrogen and oxygen atoms in total. The molecule has 2 aromatic carbocycles. The fourth-order valence-electron chi connectivity index (χ4n) is 2.83. The molecule has 0 saturated heterocycles. The molecule has 0 aliphatic carbocycles. The van der Waals surface area contributed by atoms with Crippen LogP contribution in [0.25, 0.3) is 0 Å². The van der Waals surface area contributed by atoms with E-state index in [0.717, 1.165) is 29.7 Å². The van der Waals surface area contributed by atoms with Crippen LogP contribution in [0.2, 0.25) is 0 Å². The third-order valence-electron chi connectivity index (χ3n) is 4.26. The summed E-state index contributed by atoms with van der Waals surface area (Å²) in [5, 5.41) is 2.94. The van der Waals surface area contributed by atoms with Gasteiger partial charge in [0.05, 0.1) is 6.54 Å². The number of carbonyl (C=O) groups excluding carboxylic acids is 2. The highest BCUT2D eigenvalue weighted by Gasteiger charge is 2.14. The summed E-state index contributed by atoms with van der Waals surface area (Å²) in [4.78, 5) is 25.8. The van der Waals surface area contributed by atoms with Gasteiger partial charge in [-0.15, -0.1) is 0 Å². The Hall–Kier alpha value is -2.62. The van der Waals surface area contributed by atoms with Gasteiger partial charge in [0.2, 0.25) is 11.8 Å². The first-order valence-corrected chi connectivity index (χ1v) is 8.63. The van der Waals surface area contributed by atoms with Crippen LogP contribution in [-0.2, 0) is 16.0 Å². The molecule has 1 N–H and O–H groups in total. The van der Waals surface area contributed by atoms with E-state index in [9.17, 15) is 9.59 Å². The molecule has 0 aliphatic heterocycles. The van der Waals surface area contributed by atoms with Crippen molar-refractivity contribution in [3.05, 3.63) is 65.2 Å². The van der Waals surface area contributed by atoms with E-state index in [4.69, 9.17) is 0 Å². The predicted molar refractivity (Wildman–Crippen MR) is 102 cm³/mol. The van der Waals surface area contributed by atoms with E-state index in [1.54, 1.807) is 4.90 Å². The average molecular weight is 338 g/mol. The minimum atomic E-state index is -0.160. The van der Waals surface area contributed by atoms with Crippen molar-refractivity contribution < 1.29 is 9.59 Å². The average Bonchev–Trinajstić information content (AvgIpc) is 2.58. The SMILES string of the molecule is CC(=O)N(CCCc1ccccc1)CC(=O)Nc1c(C)cccc1C. The normalized spacial score (nSPS) is 10.4. The van der Waals surface area contributed by atoms with Crippen molar-refractivity contribution in [1.82, 2.24) is 4.90 Å². The van der Waals surface area contributed by atoms with Crippen molar-refractivity contribution in [3.8, 4) is 0 Å². The molecule has 0 radical (unpaired) electrons. The van der Waals surface area contributed by atoms with Crippen LogP contribution >= 0.6 is 0 Å². The number of hydrogen-bond acceptors (Lipinski definition) is 2. The van der Waals surface area contributed by atoms with Gasteiger partial charge in [-0.3, -0.25) is 9.59 Å². The van der Waals surface area contributed by atoms with Gasteiger partial charge in [0, 0.05) is 19.2 Å². The Balaban J connectivity index is 1.90. The van der Waals surface area contributed by atoms with Crippen LogP contribution < -0.4 is 5.32 Å². The molecule has 0 saturated carbocycles. The molecule has 0 aromatic heterocycles. The maximum Gasteiger partial charge on any atom is 0.244 e. The molecule has 25 heavy (non-hydrogen) atoms. The summed E-state index contributed by atoms with van der Waals surface area (Å²) in [6.07, 6.45) is 1.73. The lowest BCUT2D eigenvalue weighted by molar-refractivity contribution is -0.132. The van der Waals surface area contributed by atoms with Crippen LogP contribution in [-0.4, -0.2) is 29.8 Å². The summed E-state index contributed by atoms with van der Waals surface area (Å²) in [7, 11) is 0. The second kappa shape index (κ2) is 9.02. The van der Waals surface area contributed by atoms with Crippen LogP contribution in [0, 0.1) is 13.8 Å². The van der Waals surface area contributed by atoms with Gasteiger partial charge in [0.15, 0.2) is 0 Å². The van der Waals surface area contributed by atoms with Crippen molar-refractivity contribution in [2.45, 2.75) is 33.6 Å². The zero-order valence-corrected chi connectivity index (χ0v) is 15.2. The lowest BCUT2D eigenvalue weighted by Gasteiger charge is -2.21. The van der Waals surface area contributed by atoms with E-state index in [0.29, 0.717) is 6.54 Å². The van der Waals surface area contributed by atoms with E-state index in [1.165, 1.54) is 12.5 Å². The number of benzene rings is 2. The highest BCUT2D eigenvalue weighted by atomic mass is 16.2. The molecule has 0 heterocycles. The standard InChI is InChI=1S/C21H26N2O2/c1-16-9-7-10-17(2)21(16)22-20(25)15-23(18(3)24)14-8-13-19-11-5-4-6-12-19/h4-7,9-12H,8,13-15H2,1-3H3,(H,22,25). The maximum atomic E-state index is 12.4. The number of nitrogens with one attached hydrogen (secondary N) is 1. The van der Waals surface area contributed by atoms with Crippen LogP contribution in [0.5, 0.6) is 0 Å². The Labute approximate surface area is 149 Å². The van der Waals surface area contributed by atoms with Crippen molar-refractivity contribution in [3.63, 3.8) is 0 Å². The Morgan fingerprint density at radius 2 is 1.60 bits per heavy atom. The lowest BCUT2D eigenvalue weighted by Crippen LogP contribution is -2.37. The van der Waals surface area contributed by atoms with Crippen molar-refractivity contribution in [2.75, 3.05) is 18.4 Å². The molecule has 132 valence electrons. The van der Waals surface area contributed by atoms with Crippen LogP contribution in [0.1, 0.15) is 30.0 Å². The molecule has 4 heteroatoms. The first-order chi connectivity index (χ1) is 12.0. The fourth-order valence-corrected chi connectivity index (χ4v) is 2.83. The van der Waals surface area contributed by atoms with Crippen LogP contribution in [0.3, 0.4) is 0 Å². The number of aryl methyl sites for hydroxylation is 3. The number of para-hydroxylation sites is 1. The van der Waals surface area contributed by atoms with Gasteiger partial charge < -0.3 is 10.2 Å². The van der Waals surface area contributed by atoms with E-state index < -0.39 is 0 Å². The van der Waals surface area contributed by atoms with Crippen molar-refractivity contribution in [1.29, 1.82) is 0 Å². The lowest BCUT2D eigenvalue weighted by atomic mass is 10.1. The molecular weight excluding hydrogens is 312 g/mol. The number of rotatable bonds is 7. The van der Waals surface area contributed by atoms with Gasteiger partial charge in [0.25, 0.3) is 0 Å². The smallest absolute Gasteiger partial charge is 0.244 e. The van der Waals surface area contributed by atoms with E-state index in [1.807, 2.05) is 50.2 Å². The predicted octanol–water partition coefficient (Wildman–Crippen LogP) is 3.72. The number of carbonyl (C=O) groups is 2. The molecule has 2 amide bonds. The van der Waals surface area contributed by atoms with Gasteiger partial charge in [-0.05, 0) is 43.4 Å². The Kier molecular flexibility index (Phi) is 6.75. The van der Waals surface area contributed by atoms with Gasteiger partial charge in [-0.1, -0.05) is 48.5 Å². The second-order valence-corrected chi connectivity index (χ2v) is 6.34. The molecular formula is C21H26N2O2. The first-order valence-electron chi connectivity index (χ1n) is 8.63. The number of anilines is 1. The maximum absolute atomic E-state index is 12.4.